The van der Waals surface area contributed by atoms with Gasteiger partial charge in [-0.1, -0.05) is 30.0 Å². The van der Waals surface area contributed by atoms with Crippen molar-refractivity contribution in [3.63, 3.8) is 0 Å². The zero-order chi connectivity index (χ0) is 19.6. The molecule has 27 heavy (non-hydrogen) atoms. The first kappa shape index (κ1) is 19.2. The number of aromatic nitrogens is 3. The Hall–Kier alpha value is -2.60. The Bertz CT molecular complexity index is 981. The van der Waals surface area contributed by atoms with Gasteiger partial charge in [0.15, 0.2) is 10.9 Å². The van der Waals surface area contributed by atoms with E-state index in [9.17, 15) is 4.79 Å². The van der Waals surface area contributed by atoms with Crippen LogP contribution in [0.15, 0.2) is 47.9 Å². The van der Waals surface area contributed by atoms with Crippen LogP contribution in [0.5, 0.6) is 5.75 Å². The highest BCUT2D eigenvalue weighted by Crippen LogP contribution is 2.30. The summed E-state index contributed by atoms with van der Waals surface area (Å²) < 4.78 is 7.28. The lowest BCUT2D eigenvalue weighted by atomic mass is 9.97. The number of benzene rings is 2. The van der Waals surface area contributed by atoms with Crippen LogP contribution in [0.3, 0.4) is 0 Å². The van der Waals surface area contributed by atoms with Gasteiger partial charge in [0.05, 0.1) is 18.0 Å². The molecule has 140 valence electrons. The first-order valence-corrected chi connectivity index (χ1v) is 9.62. The molecule has 2 aromatic carbocycles. The highest BCUT2D eigenvalue weighted by molar-refractivity contribution is 8.00. The normalized spacial score (nSPS) is 12.0. The fourth-order valence-electron chi connectivity index (χ4n) is 2.96. The first-order chi connectivity index (χ1) is 12.9. The highest BCUT2D eigenvalue weighted by Gasteiger charge is 2.22. The number of Topliss-reactive ketones (excluding diaryl/α,β-unsaturated/α-hetero) is 1. The summed E-state index contributed by atoms with van der Waals surface area (Å²) in [4.78, 5) is 13.0. The number of ether oxygens (including phenoxy) is 1. The van der Waals surface area contributed by atoms with Crippen LogP contribution < -0.4 is 4.74 Å². The Morgan fingerprint density at radius 1 is 1.11 bits per heavy atom. The molecule has 0 saturated carbocycles. The van der Waals surface area contributed by atoms with E-state index < -0.39 is 0 Å². The summed E-state index contributed by atoms with van der Waals surface area (Å²) in [6.07, 6.45) is 1.64. The summed E-state index contributed by atoms with van der Waals surface area (Å²) in [5, 5.41) is 8.60. The lowest BCUT2D eigenvalue weighted by molar-refractivity contribution is 0.0993. The molecule has 1 unspecified atom stereocenters. The number of hydrogen-bond donors (Lipinski definition) is 0. The number of carbonyl (C=O) groups excluding carboxylic acids is 1. The van der Waals surface area contributed by atoms with Crippen molar-refractivity contribution in [1.82, 2.24) is 14.8 Å². The van der Waals surface area contributed by atoms with Gasteiger partial charge in [-0.2, -0.15) is 0 Å². The average molecular weight is 382 g/mol. The smallest absolute Gasteiger partial charge is 0.196 e. The molecule has 0 spiro atoms. The van der Waals surface area contributed by atoms with Gasteiger partial charge in [0.25, 0.3) is 0 Å². The van der Waals surface area contributed by atoms with Crippen LogP contribution in [0.25, 0.3) is 5.69 Å². The Kier molecular flexibility index (Phi) is 5.65. The number of ketones is 1. The maximum absolute atomic E-state index is 13.0. The summed E-state index contributed by atoms with van der Waals surface area (Å²) in [6, 6.07) is 11.7. The standard InChI is InChI=1S/C21H23N3O2S/c1-13-10-15(3)17(11-14(13)2)20(25)16(4)27-21-23-22-12-24(21)18-8-6-7-9-19(18)26-5/h6-12,16H,1-5H3. The minimum Gasteiger partial charge on any atom is -0.495 e. The molecule has 3 aromatic rings. The van der Waals surface area contributed by atoms with Gasteiger partial charge in [-0.25, -0.2) is 0 Å². The van der Waals surface area contributed by atoms with Gasteiger partial charge >= 0.3 is 0 Å². The SMILES string of the molecule is COc1ccccc1-n1cnnc1SC(C)C(=O)c1cc(C)c(C)cc1C. The number of rotatable bonds is 6. The van der Waals surface area contributed by atoms with Crippen molar-refractivity contribution in [3.8, 4) is 11.4 Å². The summed E-state index contributed by atoms with van der Waals surface area (Å²) in [7, 11) is 1.63. The summed E-state index contributed by atoms with van der Waals surface area (Å²) >= 11 is 1.40. The molecule has 6 heteroatoms. The third-order valence-electron chi connectivity index (χ3n) is 4.62. The van der Waals surface area contributed by atoms with Crippen molar-refractivity contribution in [2.45, 2.75) is 38.1 Å². The molecule has 0 bridgehead atoms. The molecule has 1 aromatic heterocycles. The van der Waals surface area contributed by atoms with Crippen LogP contribution in [0.1, 0.15) is 34.0 Å². The number of hydrogen-bond acceptors (Lipinski definition) is 5. The maximum Gasteiger partial charge on any atom is 0.196 e. The van der Waals surface area contributed by atoms with Crippen LogP contribution in [-0.4, -0.2) is 32.9 Å². The Morgan fingerprint density at radius 2 is 1.81 bits per heavy atom. The van der Waals surface area contributed by atoms with E-state index in [-0.39, 0.29) is 11.0 Å². The van der Waals surface area contributed by atoms with E-state index in [1.54, 1.807) is 13.4 Å². The molecule has 5 nitrogen and oxygen atoms in total. The van der Waals surface area contributed by atoms with E-state index in [2.05, 4.69) is 23.2 Å². The fraction of sp³-hybridized carbons (Fsp3) is 0.286. The first-order valence-electron chi connectivity index (χ1n) is 8.74. The largest absolute Gasteiger partial charge is 0.495 e. The molecule has 0 aliphatic rings. The van der Waals surface area contributed by atoms with Crippen LogP contribution in [0.4, 0.5) is 0 Å². The Labute approximate surface area is 163 Å². The Balaban J connectivity index is 1.88. The minimum atomic E-state index is -0.288. The van der Waals surface area contributed by atoms with E-state index in [4.69, 9.17) is 4.74 Å². The van der Waals surface area contributed by atoms with Crippen molar-refractivity contribution in [2.75, 3.05) is 7.11 Å². The zero-order valence-electron chi connectivity index (χ0n) is 16.2. The molecular weight excluding hydrogens is 358 g/mol. The summed E-state index contributed by atoms with van der Waals surface area (Å²) in [5.41, 5.74) is 4.93. The van der Waals surface area contributed by atoms with E-state index in [0.29, 0.717) is 5.16 Å². The zero-order valence-corrected chi connectivity index (χ0v) is 17.0. The van der Waals surface area contributed by atoms with Gasteiger partial charge in [0.2, 0.25) is 0 Å². The monoisotopic (exact) mass is 381 g/mol. The topological polar surface area (TPSA) is 57.0 Å². The quantitative estimate of drug-likeness (QED) is 0.463. The van der Waals surface area contributed by atoms with Gasteiger partial charge in [-0.3, -0.25) is 9.36 Å². The van der Waals surface area contributed by atoms with Crippen LogP contribution >= 0.6 is 11.8 Å². The molecule has 0 saturated heterocycles. The predicted octanol–water partition coefficient (Wildman–Crippen LogP) is 4.56. The lowest BCUT2D eigenvalue weighted by Crippen LogP contribution is -2.16. The minimum absolute atomic E-state index is 0.0928. The van der Waals surface area contributed by atoms with Crippen molar-refractivity contribution in [3.05, 3.63) is 65.0 Å². The van der Waals surface area contributed by atoms with Gasteiger partial charge < -0.3 is 4.74 Å². The van der Waals surface area contributed by atoms with Gasteiger partial charge in [-0.05, 0) is 62.6 Å². The molecule has 0 fully saturated rings. The maximum atomic E-state index is 13.0. The highest BCUT2D eigenvalue weighted by atomic mass is 32.2. The van der Waals surface area contributed by atoms with E-state index in [0.717, 1.165) is 28.1 Å². The number of carbonyl (C=O) groups is 1. The van der Waals surface area contributed by atoms with Crippen molar-refractivity contribution < 1.29 is 9.53 Å². The molecule has 0 aliphatic carbocycles. The third kappa shape index (κ3) is 3.90. The van der Waals surface area contributed by atoms with Crippen LogP contribution in [0, 0.1) is 20.8 Å². The van der Waals surface area contributed by atoms with Gasteiger partial charge in [-0.15, -0.1) is 10.2 Å². The number of thioether (sulfide) groups is 1. The number of nitrogens with zero attached hydrogens (tertiary/aromatic N) is 3. The molecule has 1 atom stereocenters. The van der Waals surface area contributed by atoms with Crippen molar-refractivity contribution >= 4 is 17.5 Å². The second kappa shape index (κ2) is 7.96. The van der Waals surface area contributed by atoms with Crippen molar-refractivity contribution in [2.24, 2.45) is 0 Å². The average Bonchev–Trinajstić information content (AvgIpc) is 3.11. The third-order valence-corrected chi connectivity index (χ3v) is 5.68. The van der Waals surface area contributed by atoms with E-state index >= 15 is 0 Å². The molecule has 0 N–H and O–H groups in total. The van der Waals surface area contributed by atoms with Crippen molar-refractivity contribution in [1.29, 1.82) is 0 Å². The van der Waals surface area contributed by atoms with Crippen LogP contribution in [0.2, 0.25) is 0 Å². The fourth-order valence-corrected chi connectivity index (χ4v) is 3.86. The lowest BCUT2D eigenvalue weighted by Gasteiger charge is -2.15. The molecule has 0 amide bonds. The molecular formula is C21H23N3O2S. The molecule has 3 rings (SSSR count). The number of para-hydroxylation sites is 2. The second-order valence-electron chi connectivity index (χ2n) is 6.53. The van der Waals surface area contributed by atoms with Gasteiger partial charge in [0.1, 0.15) is 12.1 Å². The van der Waals surface area contributed by atoms with Crippen LogP contribution in [-0.2, 0) is 0 Å². The number of aryl methyl sites for hydroxylation is 3. The Morgan fingerprint density at radius 3 is 2.56 bits per heavy atom. The van der Waals surface area contributed by atoms with E-state index in [1.807, 2.05) is 55.7 Å². The summed E-state index contributed by atoms with van der Waals surface area (Å²) in [5.74, 6) is 0.818. The van der Waals surface area contributed by atoms with Gasteiger partial charge in [0, 0.05) is 5.56 Å². The summed E-state index contributed by atoms with van der Waals surface area (Å²) in [6.45, 7) is 7.98. The molecule has 0 radical (unpaired) electrons. The number of methoxy groups -OCH3 is 1. The molecule has 0 aliphatic heterocycles. The second-order valence-corrected chi connectivity index (χ2v) is 7.84. The molecule has 1 heterocycles. The van der Waals surface area contributed by atoms with E-state index in [1.165, 1.54) is 17.3 Å². The predicted molar refractivity (Wildman–Crippen MR) is 108 cm³/mol.